The van der Waals surface area contributed by atoms with Crippen LogP contribution in [0.5, 0.6) is 5.75 Å². The van der Waals surface area contributed by atoms with Crippen molar-refractivity contribution in [1.29, 1.82) is 0 Å². The van der Waals surface area contributed by atoms with Gasteiger partial charge in [-0.1, -0.05) is 11.6 Å². The molecule has 4 nitrogen and oxygen atoms in total. The third kappa shape index (κ3) is 2.15. The molecule has 0 aliphatic carbocycles. The van der Waals surface area contributed by atoms with Crippen molar-refractivity contribution in [3.8, 4) is 5.75 Å². The lowest BCUT2D eigenvalue weighted by Gasteiger charge is -2.24. The van der Waals surface area contributed by atoms with Crippen LogP contribution in [0.3, 0.4) is 0 Å². The molecule has 0 saturated heterocycles. The molecule has 0 spiro atoms. The van der Waals surface area contributed by atoms with Crippen LogP contribution in [0, 0.1) is 0 Å². The summed E-state index contributed by atoms with van der Waals surface area (Å²) in [6.07, 6.45) is 0.468. The average Bonchev–Trinajstić information content (AvgIpc) is 2.29. The number of nitrogens with two attached hydrogens (primary N) is 1. The molecule has 0 fully saturated rings. The number of hydrogen-bond donors (Lipinski definition) is 2. The van der Waals surface area contributed by atoms with E-state index < -0.39 is 0 Å². The molecule has 88 valence electrons. The number of aliphatic hydroxyl groups is 1. The maximum Gasteiger partial charge on any atom is 0.189 e. The molecular weight excluding hydrogens is 230 g/mol. The van der Waals surface area contributed by atoms with Gasteiger partial charge in [0.2, 0.25) is 0 Å². The van der Waals surface area contributed by atoms with Crippen molar-refractivity contribution in [2.45, 2.75) is 19.1 Å². The number of ether oxygens (including phenoxy) is 2. The number of benzene rings is 1. The zero-order chi connectivity index (χ0) is 11.5. The summed E-state index contributed by atoms with van der Waals surface area (Å²) in [5.41, 5.74) is 7.68. The van der Waals surface area contributed by atoms with Crippen LogP contribution in [0.15, 0.2) is 12.1 Å². The van der Waals surface area contributed by atoms with E-state index in [0.717, 1.165) is 16.9 Å². The number of hydrogen-bond acceptors (Lipinski definition) is 4. The van der Waals surface area contributed by atoms with Crippen molar-refractivity contribution < 1.29 is 14.6 Å². The fraction of sp³-hybridized carbons (Fsp3) is 0.455. The van der Waals surface area contributed by atoms with Crippen LogP contribution >= 0.6 is 11.6 Å². The Morgan fingerprint density at radius 3 is 3.06 bits per heavy atom. The number of aliphatic hydroxyl groups excluding tert-OH is 1. The number of rotatable bonds is 3. The molecule has 1 heterocycles. The summed E-state index contributed by atoms with van der Waals surface area (Å²) in [6, 6.07) is 3.28. The first-order valence-electron chi connectivity index (χ1n) is 5.12. The monoisotopic (exact) mass is 243 g/mol. The molecule has 0 saturated carbocycles. The topological polar surface area (TPSA) is 64.7 Å². The summed E-state index contributed by atoms with van der Waals surface area (Å²) >= 11 is 6.12. The molecule has 1 atom stereocenters. The molecule has 1 aromatic carbocycles. The van der Waals surface area contributed by atoms with Gasteiger partial charge in [0.05, 0.1) is 6.61 Å². The second kappa shape index (κ2) is 5.01. The highest BCUT2D eigenvalue weighted by molar-refractivity contribution is 6.31. The van der Waals surface area contributed by atoms with Crippen LogP contribution < -0.4 is 10.5 Å². The van der Waals surface area contributed by atoms with Crippen LogP contribution in [0.2, 0.25) is 5.02 Å². The highest BCUT2D eigenvalue weighted by atomic mass is 35.5. The molecule has 1 unspecified atom stereocenters. The van der Waals surface area contributed by atoms with E-state index >= 15 is 0 Å². The van der Waals surface area contributed by atoms with Gasteiger partial charge < -0.3 is 20.3 Å². The highest BCUT2D eigenvalue weighted by Crippen LogP contribution is 2.35. The van der Waals surface area contributed by atoms with E-state index in [4.69, 9.17) is 31.9 Å². The quantitative estimate of drug-likeness (QED) is 0.846. The lowest BCUT2D eigenvalue weighted by atomic mass is 9.98. The Balaban J connectivity index is 2.41. The molecule has 1 aliphatic heterocycles. The van der Waals surface area contributed by atoms with E-state index in [1.807, 2.05) is 6.07 Å². The lowest BCUT2D eigenvalue weighted by Crippen LogP contribution is -2.19. The Morgan fingerprint density at radius 2 is 2.31 bits per heavy atom. The number of halogens is 1. The molecular formula is C11H14ClNO3. The Bertz CT molecular complexity index is 384. The fourth-order valence-corrected chi connectivity index (χ4v) is 2.15. The summed E-state index contributed by atoms with van der Waals surface area (Å²) < 4.78 is 10.6. The second-order valence-corrected chi connectivity index (χ2v) is 4.07. The van der Waals surface area contributed by atoms with E-state index in [2.05, 4.69) is 0 Å². The van der Waals surface area contributed by atoms with Gasteiger partial charge in [0, 0.05) is 23.2 Å². The molecule has 2 rings (SSSR count). The molecule has 1 aromatic rings. The lowest BCUT2D eigenvalue weighted by molar-refractivity contribution is -0.0170. The predicted octanol–water partition coefficient (Wildman–Crippen LogP) is 1.59. The SMILES string of the molecule is NC(CCO)c1c(Cl)ccc2c1COCO2. The zero-order valence-electron chi connectivity index (χ0n) is 8.78. The van der Waals surface area contributed by atoms with Crippen LogP contribution in [-0.4, -0.2) is 18.5 Å². The zero-order valence-corrected chi connectivity index (χ0v) is 9.54. The molecule has 16 heavy (non-hydrogen) atoms. The van der Waals surface area contributed by atoms with Gasteiger partial charge in [0.25, 0.3) is 0 Å². The first kappa shape index (κ1) is 11.7. The standard InChI is InChI=1S/C11H14ClNO3/c12-8-1-2-10-7(5-15-6-16-10)11(8)9(13)3-4-14/h1-2,9,14H,3-6,13H2. The van der Waals surface area contributed by atoms with E-state index in [1.165, 1.54) is 0 Å². The highest BCUT2D eigenvalue weighted by Gasteiger charge is 2.21. The van der Waals surface area contributed by atoms with Crippen LogP contribution in [-0.2, 0) is 11.3 Å². The summed E-state index contributed by atoms with van der Waals surface area (Å²) in [5.74, 6) is 0.763. The molecule has 0 radical (unpaired) electrons. The molecule has 5 heteroatoms. The minimum atomic E-state index is -0.294. The van der Waals surface area contributed by atoms with Gasteiger partial charge in [-0.3, -0.25) is 0 Å². The fourth-order valence-electron chi connectivity index (χ4n) is 1.83. The van der Waals surface area contributed by atoms with E-state index in [1.54, 1.807) is 6.07 Å². The third-order valence-corrected chi connectivity index (χ3v) is 2.95. The van der Waals surface area contributed by atoms with Crippen LogP contribution in [0.1, 0.15) is 23.6 Å². The normalized spacial score (nSPS) is 16.4. The van der Waals surface area contributed by atoms with Gasteiger partial charge in [-0.2, -0.15) is 0 Å². The van der Waals surface area contributed by atoms with Crippen LogP contribution in [0.25, 0.3) is 0 Å². The molecule has 3 N–H and O–H groups in total. The molecule has 0 aromatic heterocycles. The number of fused-ring (bicyclic) bond motifs is 1. The first-order valence-corrected chi connectivity index (χ1v) is 5.50. The van der Waals surface area contributed by atoms with Gasteiger partial charge >= 0.3 is 0 Å². The van der Waals surface area contributed by atoms with Gasteiger partial charge in [0.15, 0.2) is 6.79 Å². The maximum atomic E-state index is 8.91. The second-order valence-electron chi connectivity index (χ2n) is 3.67. The Labute approximate surface area is 98.9 Å². The first-order chi connectivity index (χ1) is 7.74. The van der Waals surface area contributed by atoms with Gasteiger partial charge in [-0.25, -0.2) is 0 Å². The summed E-state index contributed by atoms with van der Waals surface area (Å²) in [6.45, 7) is 0.733. The van der Waals surface area contributed by atoms with Gasteiger partial charge in [0.1, 0.15) is 5.75 Å². The van der Waals surface area contributed by atoms with E-state index in [0.29, 0.717) is 18.1 Å². The van der Waals surface area contributed by atoms with Crippen molar-refractivity contribution >= 4 is 11.6 Å². The summed E-state index contributed by atoms with van der Waals surface area (Å²) in [7, 11) is 0. The van der Waals surface area contributed by atoms with Crippen molar-refractivity contribution in [3.05, 3.63) is 28.3 Å². The van der Waals surface area contributed by atoms with Crippen molar-refractivity contribution in [1.82, 2.24) is 0 Å². The van der Waals surface area contributed by atoms with Crippen molar-refractivity contribution in [3.63, 3.8) is 0 Å². The van der Waals surface area contributed by atoms with E-state index in [9.17, 15) is 0 Å². The molecule has 0 amide bonds. The smallest absolute Gasteiger partial charge is 0.189 e. The molecule has 0 bridgehead atoms. The third-order valence-electron chi connectivity index (χ3n) is 2.62. The minimum Gasteiger partial charge on any atom is -0.467 e. The Kier molecular flexibility index (Phi) is 3.66. The van der Waals surface area contributed by atoms with Gasteiger partial charge in [-0.15, -0.1) is 0 Å². The summed E-state index contributed by atoms with van der Waals surface area (Å²) in [4.78, 5) is 0. The minimum absolute atomic E-state index is 0.0306. The Hall–Kier alpha value is -0.810. The largest absolute Gasteiger partial charge is 0.467 e. The molecule has 1 aliphatic rings. The predicted molar refractivity (Wildman–Crippen MR) is 60.4 cm³/mol. The Morgan fingerprint density at radius 1 is 1.50 bits per heavy atom. The van der Waals surface area contributed by atoms with Crippen LogP contribution in [0.4, 0.5) is 0 Å². The van der Waals surface area contributed by atoms with Crippen molar-refractivity contribution in [2.24, 2.45) is 5.73 Å². The van der Waals surface area contributed by atoms with E-state index in [-0.39, 0.29) is 19.4 Å². The summed E-state index contributed by atoms with van der Waals surface area (Å²) in [5, 5.41) is 9.50. The average molecular weight is 244 g/mol. The van der Waals surface area contributed by atoms with Crippen molar-refractivity contribution in [2.75, 3.05) is 13.4 Å². The van der Waals surface area contributed by atoms with Gasteiger partial charge in [-0.05, 0) is 24.1 Å². The maximum absolute atomic E-state index is 8.91.